The predicted octanol–water partition coefficient (Wildman–Crippen LogP) is 2.62. The second-order valence-electron chi connectivity index (χ2n) is 9.41. The molecule has 0 bridgehead atoms. The third-order valence-corrected chi connectivity index (χ3v) is 10.0. The number of aliphatic hydroxyl groups excluding tert-OH is 2. The highest BCUT2D eigenvalue weighted by Gasteiger charge is 2.45. The van der Waals surface area contributed by atoms with Crippen LogP contribution in [0.1, 0.15) is 41.5 Å². The van der Waals surface area contributed by atoms with E-state index in [4.69, 9.17) is 13.9 Å². The van der Waals surface area contributed by atoms with E-state index >= 15 is 0 Å². The first-order valence-corrected chi connectivity index (χ1v) is 12.6. The molecule has 28 heavy (non-hydrogen) atoms. The van der Waals surface area contributed by atoms with Gasteiger partial charge in [0.2, 0.25) is 0 Å². The van der Waals surface area contributed by atoms with E-state index in [-0.39, 0.29) is 23.2 Å². The first kappa shape index (κ1) is 25.3. The summed E-state index contributed by atoms with van der Waals surface area (Å²) in [5, 5.41) is 19.8. The molecule has 1 fully saturated rings. The highest BCUT2D eigenvalue weighted by molar-refractivity contribution is 6.74. The number of carbonyl (C=O) groups is 1. The van der Waals surface area contributed by atoms with Crippen molar-refractivity contribution in [1.82, 2.24) is 0 Å². The summed E-state index contributed by atoms with van der Waals surface area (Å²) in [6.07, 6.45) is -0.398. The quantitative estimate of drug-likeness (QED) is 0.355. The fraction of sp³-hybridized carbons (Fsp3) is 0.850. The first-order valence-electron chi connectivity index (χ1n) is 9.73. The Hall–Kier alpha value is -0.773. The minimum Gasteiger partial charge on any atom is -0.467 e. The van der Waals surface area contributed by atoms with Gasteiger partial charge in [-0.15, -0.1) is 0 Å². The van der Waals surface area contributed by atoms with Crippen LogP contribution in [0.3, 0.4) is 0 Å². The molecule has 1 heterocycles. The zero-order valence-electron chi connectivity index (χ0n) is 18.7. The van der Waals surface area contributed by atoms with Gasteiger partial charge in [-0.3, -0.25) is 0 Å². The Morgan fingerprint density at radius 1 is 1.25 bits per heavy atom. The van der Waals surface area contributed by atoms with Crippen LogP contribution in [0, 0.1) is 5.92 Å². The van der Waals surface area contributed by atoms with Gasteiger partial charge in [0.1, 0.15) is 12.2 Å². The molecule has 7 nitrogen and oxygen atoms in total. The average molecular weight is 419 g/mol. The van der Waals surface area contributed by atoms with Gasteiger partial charge in [-0.1, -0.05) is 39.8 Å². The monoisotopic (exact) mass is 418 g/mol. The Balaban J connectivity index is 3.01. The number of aliphatic hydroxyl groups is 2. The van der Waals surface area contributed by atoms with Gasteiger partial charge in [0, 0.05) is 5.92 Å². The SMILES string of the molecule is COC(=O)[C@@H](O)[C@H](O)C=C[C@@H](C)[C@@H](O[Si](C)(C)C(C)(C)C)[C@H]1COC(C)(C)O1. The van der Waals surface area contributed by atoms with Gasteiger partial charge in [0.05, 0.1) is 19.8 Å². The number of rotatable bonds is 8. The van der Waals surface area contributed by atoms with Crippen molar-refractivity contribution in [2.24, 2.45) is 5.92 Å². The molecule has 0 saturated carbocycles. The molecule has 0 aromatic heterocycles. The molecule has 8 heteroatoms. The first-order chi connectivity index (χ1) is 12.6. The number of hydrogen-bond donors (Lipinski definition) is 2. The lowest BCUT2D eigenvalue weighted by molar-refractivity contribution is -0.155. The van der Waals surface area contributed by atoms with Crippen LogP contribution in [-0.2, 0) is 23.4 Å². The zero-order valence-corrected chi connectivity index (χ0v) is 19.7. The number of carbonyl (C=O) groups excluding carboxylic acids is 1. The molecule has 1 rings (SSSR count). The van der Waals surface area contributed by atoms with Crippen molar-refractivity contribution in [3.63, 3.8) is 0 Å². The number of ether oxygens (including phenoxy) is 3. The van der Waals surface area contributed by atoms with Crippen molar-refractivity contribution in [3.8, 4) is 0 Å². The Kier molecular flexibility index (Phi) is 8.45. The van der Waals surface area contributed by atoms with E-state index in [9.17, 15) is 15.0 Å². The molecule has 0 radical (unpaired) electrons. The van der Waals surface area contributed by atoms with Crippen LogP contribution in [0.2, 0.25) is 18.1 Å². The maximum atomic E-state index is 11.4. The van der Waals surface area contributed by atoms with Gasteiger partial charge in [-0.05, 0) is 32.0 Å². The minimum atomic E-state index is -2.10. The second-order valence-corrected chi connectivity index (χ2v) is 14.2. The molecular formula is C20H38O7Si. The molecule has 1 aliphatic rings. The van der Waals surface area contributed by atoms with E-state index in [1.807, 2.05) is 20.8 Å². The molecule has 0 aliphatic carbocycles. The summed E-state index contributed by atoms with van der Waals surface area (Å²) in [5.74, 6) is -1.70. The molecule has 5 atom stereocenters. The molecule has 1 aliphatic heterocycles. The van der Waals surface area contributed by atoms with Crippen LogP contribution in [-0.4, -0.2) is 68.4 Å². The lowest BCUT2D eigenvalue weighted by atomic mass is 9.98. The fourth-order valence-corrected chi connectivity index (χ4v) is 4.08. The maximum absolute atomic E-state index is 11.4. The minimum absolute atomic E-state index is 0.0181. The number of hydrogen-bond acceptors (Lipinski definition) is 7. The van der Waals surface area contributed by atoms with Gasteiger partial charge in [-0.2, -0.15) is 0 Å². The Morgan fingerprint density at radius 2 is 1.82 bits per heavy atom. The van der Waals surface area contributed by atoms with E-state index in [1.54, 1.807) is 6.08 Å². The Bertz CT molecular complexity index is 553. The third-order valence-electron chi connectivity index (χ3n) is 5.53. The van der Waals surface area contributed by atoms with Crippen molar-refractivity contribution < 1.29 is 33.6 Å². The van der Waals surface area contributed by atoms with Crippen molar-refractivity contribution in [3.05, 3.63) is 12.2 Å². The van der Waals surface area contributed by atoms with Crippen LogP contribution in [0.15, 0.2) is 12.2 Å². The van der Waals surface area contributed by atoms with Gasteiger partial charge in [0.15, 0.2) is 20.2 Å². The van der Waals surface area contributed by atoms with Gasteiger partial charge < -0.3 is 28.8 Å². The van der Waals surface area contributed by atoms with E-state index in [0.29, 0.717) is 6.61 Å². The summed E-state index contributed by atoms with van der Waals surface area (Å²) < 4.78 is 22.9. The normalized spacial score (nSPS) is 24.8. The lowest BCUT2D eigenvalue weighted by Crippen LogP contribution is -2.50. The van der Waals surface area contributed by atoms with Crippen molar-refractivity contribution in [1.29, 1.82) is 0 Å². The number of methoxy groups -OCH3 is 1. The fourth-order valence-electron chi connectivity index (χ4n) is 2.68. The van der Waals surface area contributed by atoms with Crippen molar-refractivity contribution >= 4 is 14.3 Å². The summed E-state index contributed by atoms with van der Waals surface area (Å²) in [5.41, 5.74) is 0. The van der Waals surface area contributed by atoms with Crippen LogP contribution < -0.4 is 0 Å². The van der Waals surface area contributed by atoms with Gasteiger partial charge >= 0.3 is 5.97 Å². The van der Waals surface area contributed by atoms with E-state index in [1.165, 1.54) is 6.08 Å². The van der Waals surface area contributed by atoms with E-state index in [0.717, 1.165) is 7.11 Å². The summed E-state index contributed by atoms with van der Waals surface area (Å²) >= 11 is 0. The van der Waals surface area contributed by atoms with Crippen LogP contribution >= 0.6 is 0 Å². The molecule has 0 aromatic rings. The highest BCUT2D eigenvalue weighted by Crippen LogP contribution is 2.40. The molecule has 164 valence electrons. The lowest BCUT2D eigenvalue weighted by Gasteiger charge is -2.42. The summed E-state index contributed by atoms with van der Waals surface area (Å²) in [6, 6.07) is 0. The van der Waals surface area contributed by atoms with Crippen LogP contribution in [0.25, 0.3) is 0 Å². The van der Waals surface area contributed by atoms with E-state index in [2.05, 4.69) is 38.6 Å². The summed E-state index contributed by atoms with van der Waals surface area (Å²) in [7, 11) is -0.942. The van der Waals surface area contributed by atoms with E-state index < -0.39 is 32.3 Å². The van der Waals surface area contributed by atoms with Crippen molar-refractivity contribution in [2.45, 2.75) is 89.9 Å². The third kappa shape index (κ3) is 6.64. The topological polar surface area (TPSA) is 94.5 Å². The van der Waals surface area contributed by atoms with Crippen LogP contribution in [0.5, 0.6) is 0 Å². The molecular weight excluding hydrogens is 380 g/mol. The molecule has 0 amide bonds. The summed E-state index contributed by atoms with van der Waals surface area (Å²) in [4.78, 5) is 11.4. The van der Waals surface area contributed by atoms with Gasteiger partial charge in [-0.25, -0.2) is 4.79 Å². The Morgan fingerprint density at radius 3 is 2.25 bits per heavy atom. The second kappa shape index (κ2) is 9.36. The smallest absolute Gasteiger partial charge is 0.337 e. The highest BCUT2D eigenvalue weighted by atomic mass is 28.4. The summed E-state index contributed by atoms with van der Waals surface area (Å²) in [6.45, 7) is 17.0. The molecule has 2 N–H and O–H groups in total. The predicted molar refractivity (Wildman–Crippen MR) is 109 cm³/mol. The molecule has 0 aromatic carbocycles. The Labute approximate surface area is 170 Å². The molecule has 1 saturated heterocycles. The maximum Gasteiger partial charge on any atom is 0.337 e. The zero-order chi connectivity index (χ0) is 21.9. The van der Waals surface area contributed by atoms with Crippen molar-refractivity contribution in [2.75, 3.05) is 13.7 Å². The molecule has 0 spiro atoms. The largest absolute Gasteiger partial charge is 0.467 e. The standard InChI is InChI=1S/C20H38O7Si/c1-13(10-11-14(21)16(22)18(23)24-7)17(15-12-25-20(5,6)26-15)27-28(8,9)19(2,3)4/h10-11,13-17,21-22H,12H2,1-9H3/t13-,14-,15-,16+,17-/m1/s1. The van der Waals surface area contributed by atoms with Gasteiger partial charge in [0.25, 0.3) is 0 Å². The average Bonchev–Trinajstić information content (AvgIpc) is 2.94. The van der Waals surface area contributed by atoms with Crippen LogP contribution in [0.4, 0.5) is 0 Å². The number of esters is 1. The molecule has 0 unspecified atom stereocenters.